The van der Waals surface area contributed by atoms with Gasteiger partial charge in [-0.15, -0.1) is 0 Å². The third kappa shape index (κ3) is 4.85. The van der Waals surface area contributed by atoms with Crippen molar-refractivity contribution in [3.63, 3.8) is 0 Å². The molecule has 0 fully saturated rings. The van der Waals surface area contributed by atoms with Crippen molar-refractivity contribution in [2.24, 2.45) is 0 Å². The Bertz CT molecular complexity index is 1420. The van der Waals surface area contributed by atoms with Gasteiger partial charge in [0, 0.05) is 23.6 Å². The molecule has 0 aliphatic heterocycles. The zero-order valence-electron chi connectivity index (χ0n) is 16.8. The van der Waals surface area contributed by atoms with Crippen LogP contribution in [0.4, 0.5) is 11.6 Å². The summed E-state index contributed by atoms with van der Waals surface area (Å²) in [5.74, 6) is -1.70. The first-order chi connectivity index (χ1) is 15.8. The molecule has 0 radical (unpaired) electrons. The number of amides is 1. The van der Waals surface area contributed by atoms with Gasteiger partial charge < -0.3 is 10.4 Å². The summed E-state index contributed by atoms with van der Waals surface area (Å²) in [6, 6.07) is 14.8. The summed E-state index contributed by atoms with van der Waals surface area (Å²) in [7, 11) is -3.90. The van der Waals surface area contributed by atoms with Gasteiger partial charge in [-0.1, -0.05) is 18.2 Å². The number of rotatable bonds is 7. The lowest BCUT2D eigenvalue weighted by molar-refractivity contribution is 0.0697. The van der Waals surface area contributed by atoms with Crippen molar-refractivity contribution >= 4 is 33.5 Å². The zero-order chi connectivity index (χ0) is 23.4. The lowest BCUT2D eigenvalue weighted by Crippen LogP contribution is -2.15. The van der Waals surface area contributed by atoms with Gasteiger partial charge in [0.25, 0.3) is 15.9 Å². The van der Waals surface area contributed by atoms with Gasteiger partial charge in [-0.2, -0.15) is 5.10 Å². The third-order valence-corrected chi connectivity index (χ3v) is 5.81. The van der Waals surface area contributed by atoms with Crippen LogP contribution in [0.5, 0.6) is 0 Å². The van der Waals surface area contributed by atoms with Crippen LogP contribution < -0.4 is 10.0 Å². The Labute approximate surface area is 187 Å². The molecule has 0 spiro atoms. The molecule has 0 saturated carbocycles. The highest BCUT2D eigenvalue weighted by Gasteiger charge is 2.18. The number of benzene rings is 2. The first-order valence-corrected chi connectivity index (χ1v) is 10.9. The second kappa shape index (κ2) is 8.88. The van der Waals surface area contributed by atoms with Gasteiger partial charge in [0.05, 0.1) is 16.2 Å². The van der Waals surface area contributed by atoms with Crippen molar-refractivity contribution in [1.29, 1.82) is 0 Å². The lowest BCUT2D eigenvalue weighted by atomic mass is 10.0. The minimum atomic E-state index is -3.90. The number of carbonyl (C=O) groups excluding carboxylic acids is 1. The van der Waals surface area contributed by atoms with Crippen LogP contribution in [0.2, 0.25) is 0 Å². The molecular weight excluding hydrogens is 448 g/mol. The van der Waals surface area contributed by atoms with E-state index in [1.807, 2.05) is 0 Å². The predicted molar refractivity (Wildman–Crippen MR) is 118 cm³/mol. The van der Waals surface area contributed by atoms with E-state index in [2.05, 4.69) is 30.2 Å². The van der Waals surface area contributed by atoms with Crippen LogP contribution in [-0.4, -0.2) is 45.6 Å². The highest BCUT2D eigenvalue weighted by Crippen LogP contribution is 2.23. The van der Waals surface area contributed by atoms with E-state index in [1.54, 1.807) is 24.3 Å². The number of carboxylic acid groups (broad SMARTS) is 1. The fourth-order valence-electron chi connectivity index (χ4n) is 2.92. The molecule has 33 heavy (non-hydrogen) atoms. The molecule has 11 nitrogen and oxygen atoms in total. The molecule has 0 aliphatic carbocycles. The van der Waals surface area contributed by atoms with Crippen LogP contribution in [0.3, 0.4) is 0 Å². The van der Waals surface area contributed by atoms with Crippen molar-refractivity contribution in [3.8, 4) is 11.3 Å². The quantitative estimate of drug-likeness (QED) is 0.324. The Morgan fingerprint density at radius 3 is 2.33 bits per heavy atom. The molecule has 0 aliphatic rings. The summed E-state index contributed by atoms with van der Waals surface area (Å²) >= 11 is 0. The Kier molecular flexibility index (Phi) is 5.83. The average Bonchev–Trinajstić information content (AvgIpc) is 3.30. The van der Waals surface area contributed by atoms with Gasteiger partial charge in [0.1, 0.15) is 5.69 Å². The van der Waals surface area contributed by atoms with Gasteiger partial charge >= 0.3 is 5.97 Å². The average molecular weight is 464 g/mol. The lowest BCUT2D eigenvalue weighted by Gasteiger charge is -2.08. The molecule has 4 rings (SSSR count). The van der Waals surface area contributed by atoms with Crippen molar-refractivity contribution < 1.29 is 23.1 Å². The van der Waals surface area contributed by atoms with E-state index in [1.165, 1.54) is 48.8 Å². The molecule has 2 heterocycles. The maximum absolute atomic E-state index is 12.6. The van der Waals surface area contributed by atoms with Gasteiger partial charge in [-0.05, 0) is 42.5 Å². The standard InChI is InChI=1S/C21H16N6O5S/c28-19(18-12-17(25-26-18)15-4-1-2-5-16(15)20(29)30)24-13-6-8-14(9-7-13)33(31,32)27-21-22-10-3-11-23-21/h1-12H,(H,24,28)(H,25,26)(H,29,30)(H,22,23,27). The molecule has 0 atom stereocenters. The van der Waals surface area contributed by atoms with Crippen molar-refractivity contribution in [1.82, 2.24) is 20.2 Å². The summed E-state index contributed by atoms with van der Waals surface area (Å²) in [6.45, 7) is 0. The molecule has 1 amide bonds. The van der Waals surface area contributed by atoms with Crippen LogP contribution in [-0.2, 0) is 10.0 Å². The second-order valence-electron chi connectivity index (χ2n) is 6.67. The fraction of sp³-hybridized carbons (Fsp3) is 0. The summed E-state index contributed by atoms with van der Waals surface area (Å²) < 4.78 is 27.1. The van der Waals surface area contributed by atoms with Gasteiger partial charge in [0.2, 0.25) is 5.95 Å². The molecule has 0 saturated heterocycles. The Hall–Kier alpha value is -4.58. The van der Waals surface area contributed by atoms with Crippen LogP contribution in [0, 0.1) is 0 Å². The maximum atomic E-state index is 12.6. The minimum absolute atomic E-state index is 0.0398. The SMILES string of the molecule is O=C(Nc1ccc(S(=O)(=O)Nc2ncccn2)cc1)c1cc(-c2ccccc2C(=O)O)n[nH]1. The largest absolute Gasteiger partial charge is 0.478 e. The maximum Gasteiger partial charge on any atom is 0.336 e. The number of hydrogen-bond donors (Lipinski definition) is 4. The smallest absolute Gasteiger partial charge is 0.336 e. The van der Waals surface area contributed by atoms with E-state index >= 15 is 0 Å². The van der Waals surface area contributed by atoms with Crippen LogP contribution in [0.15, 0.2) is 78.0 Å². The van der Waals surface area contributed by atoms with Gasteiger partial charge in [-0.25, -0.2) is 27.9 Å². The molecule has 2 aromatic heterocycles. The number of aromatic nitrogens is 4. The van der Waals surface area contributed by atoms with E-state index in [-0.39, 0.29) is 22.1 Å². The first kappa shape index (κ1) is 21.6. The van der Waals surface area contributed by atoms with Crippen molar-refractivity contribution in [3.05, 3.63) is 84.3 Å². The van der Waals surface area contributed by atoms with Gasteiger partial charge in [-0.3, -0.25) is 9.89 Å². The molecule has 4 aromatic rings. The number of nitrogens with one attached hydrogen (secondary N) is 3. The van der Waals surface area contributed by atoms with E-state index in [4.69, 9.17) is 0 Å². The number of hydrogen-bond acceptors (Lipinski definition) is 7. The van der Waals surface area contributed by atoms with Crippen molar-refractivity contribution in [2.75, 3.05) is 10.0 Å². The van der Waals surface area contributed by atoms with Crippen LogP contribution in [0.25, 0.3) is 11.3 Å². The number of nitrogens with zero attached hydrogens (tertiary/aromatic N) is 3. The normalized spacial score (nSPS) is 11.0. The summed E-state index contributed by atoms with van der Waals surface area (Å²) in [5, 5.41) is 18.6. The minimum Gasteiger partial charge on any atom is -0.478 e. The number of anilines is 2. The molecule has 166 valence electrons. The number of H-pyrrole nitrogens is 1. The van der Waals surface area contributed by atoms with Crippen LogP contribution >= 0.6 is 0 Å². The van der Waals surface area contributed by atoms with E-state index < -0.39 is 21.9 Å². The first-order valence-electron chi connectivity index (χ1n) is 9.43. The Balaban J connectivity index is 1.47. The van der Waals surface area contributed by atoms with E-state index in [0.717, 1.165) is 0 Å². The highest BCUT2D eigenvalue weighted by atomic mass is 32.2. The molecule has 4 N–H and O–H groups in total. The van der Waals surface area contributed by atoms with Crippen LogP contribution in [0.1, 0.15) is 20.8 Å². The van der Waals surface area contributed by atoms with Crippen molar-refractivity contribution in [2.45, 2.75) is 4.90 Å². The molecule has 0 bridgehead atoms. The molecule has 0 unspecified atom stereocenters. The van der Waals surface area contributed by atoms with Gasteiger partial charge in [0.15, 0.2) is 0 Å². The number of sulfonamides is 1. The monoisotopic (exact) mass is 464 g/mol. The summed E-state index contributed by atoms with van der Waals surface area (Å²) in [5.41, 5.74) is 1.17. The highest BCUT2D eigenvalue weighted by molar-refractivity contribution is 7.92. The third-order valence-electron chi connectivity index (χ3n) is 4.47. The number of carbonyl (C=O) groups is 2. The molecular formula is C21H16N6O5S. The summed E-state index contributed by atoms with van der Waals surface area (Å²) in [4.78, 5) is 31.6. The topological polar surface area (TPSA) is 167 Å². The Morgan fingerprint density at radius 2 is 1.64 bits per heavy atom. The van der Waals surface area contributed by atoms with E-state index in [9.17, 15) is 23.1 Å². The fourth-order valence-corrected chi connectivity index (χ4v) is 3.87. The number of carboxylic acids is 1. The molecule has 2 aromatic carbocycles. The Morgan fingerprint density at radius 1 is 0.939 bits per heavy atom. The number of aromatic amines is 1. The predicted octanol–water partition coefficient (Wildman–Crippen LogP) is 2.62. The summed E-state index contributed by atoms with van der Waals surface area (Å²) in [6.07, 6.45) is 2.81. The number of aromatic carboxylic acids is 1. The van der Waals surface area contributed by atoms with E-state index in [0.29, 0.717) is 16.9 Å². The zero-order valence-corrected chi connectivity index (χ0v) is 17.6. The second-order valence-corrected chi connectivity index (χ2v) is 8.36. The molecule has 12 heteroatoms.